The van der Waals surface area contributed by atoms with Gasteiger partial charge in [-0.05, 0) is 44.2 Å². The summed E-state index contributed by atoms with van der Waals surface area (Å²) in [4.78, 5) is 20.0. The molecule has 4 rings (SSSR count). The maximum atomic E-state index is 13.3. The van der Waals surface area contributed by atoms with E-state index in [1.165, 1.54) is 11.3 Å². The molecule has 1 N–H and O–H groups in total. The van der Waals surface area contributed by atoms with Gasteiger partial charge in [-0.2, -0.15) is 0 Å². The first-order chi connectivity index (χ1) is 15.0. The molecule has 3 aromatic heterocycles. The van der Waals surface area contributed by atoms with Gasteiger partial charge in [-0.3, -0.25) is 4.79 Å². The Morgan fingerprint density at radius 3 is 2.94 bits per heavy atom. The molecule has 8 nitrogen and oxygen atoms in total. The summed E-state index contributed by atoms with van der Waals surface area (Å²) in [6.07, 6.45) is 2.80. The number of nitrogens with one attached hydrogen (secondary N) is 1. The van der Waals surface area contributed by atoms with E-state index in [-0.39, 0.29) is 17.7 Å². The van der Waals surface area contributed by atoms with E-state index in [1.54, 1.807) is 0 Å². The molecule has 4 heterocycles. The Balaban J connectivity index is 1.50. The minimum absolute atomic E-state index is 0.00221. The van der Waals surface area contributed by atoms with Crippen molar-refractivity contribution in [3.63, 3.8) is 0 Å². The molecule has 31 heavy (non-hydrogen) atoms. The molecule has 0 aliphatic carbocycles. The fourth-order valence-electron chi connectivity index (χ4n) is 3.91. The minimum atomic E-state index is 0.00221. The highest BCUT2D eigenvalue weighted by Crippen LogP contribution is 2.30. The van der Waals surface area contributed by atoms with E-state index in [2.05, 4.69) is 27.6 Å². The number of carbonyl (C=O) groups excluding carboxylic acids is 1. The average molecular weight is 441 g/mol. The van der Waals surface area contributed by atoms with Crippen LogP contribution in [0.5, 0.6) is 0 Å². The first-order valence-electron chi connectivity index (χ1n) is 10.8. The van der Waals surface area contributed by atoms with Crippen molar-refractivity contribution >= 4 is 28.2 Å². The van der Waals surface area contributed by atoms with Gasteiger partial charge in [-0.15, -0.1) is 10.2 Å². The summed E-state index contributed by atoms with van der Waals surface area (Å²) in [5.74, 6) is 1.65. The molecule has 164 valence electrons. The summed E-state index contributed by atoms with van der Waals surface area (Å²) in [5, 5.41) is 17.4. The molecule has 1 unspecified atom stereocenters. The molecule has 0 aromatic carbocycles. The molecule has 0 spiro atoms. The zero-order chi connectivity index (χ0) is 22.0. The standard InChI is InChI=1S/C22H28N6O2S/c1-5-18-25-26-22(31-18)24-17-10-6-9-16(23-17)15-8-7-11-28(12-15)21(29)19-14(4)30-27-20(19)13(2)3/h6,9-10,13,15H,5,7-8,11-12H2,1-4H3,(H,23,24,26). The van der Waals surface area contributed by atoms with E-state index >= 15 is 0 Å². The molecule has 1 aliphatic heterocycles. The van der Waals surface area contributed by atoms with E-state index in [4.69, 9.17) is 9.51 Å². The highest BCUT2D eigenvalue weighted by Gasteiger charge is 2.31. The van der Waals surface area contributed by atoms with Crippen molar-refractivity contribution in [1.82, 2.24) is 25.2 Å². The molecule has 1 atom stereocenters. The summed E-state index contributed by atoms with van der Waals surface area (Å²) in [5.41, 5.74) is 2.33. The molecule has 0 saturated carbocycles. The highest BCUT2D eigenvalue weighted by atomic mass is 32.1. The Kier molecular flexibility index (Phi) is 6.31. The van der Waals surface area contributed by atoms with Gasteiger partial charge in [0.05, 0.1) is 5.69 Å². The van der Waals surface area contributed by atoms with Gasteiger partial charge in [0.25, 0.3) is 5.91 Å². The Morgan fingerprint density at radius 2 is 2.19 bits per heavy atom. The van der Waals surface area contributed by atoms with Crippen LogP contribution in [-0.4, -0.2) is 44.2 Å². The zero-order valence-corrected chi connectivity index (χ0v) is 19.2. The third-order valence-corrected chi connectivity index (χ3v) is 6.53. The lowest BCUT2D eigenvalue weighted by molar-refractivity contribution is 0.0703. The zero-order valence-electron chi connectivity index (χ0n) is 18.4. The average Bonchev–Trinajstić information content (AvgIpc) is 3.39. The van der Waals surface area contributed by atoms with Crippen LogP contribution in [0.1, 0.15) is 78.0 Å². The molecule has 1 saturated heterocycles. The van der Waals surface area contributed by atoms with Crippen LogP contribution in [0.4, 0.5) is 10.9 Å². The monoisotopic (exact) mass is 440 g/mol. The van der Waals surface area contributed by atoms with Crippen LogP contribution in [0.25, 0.3) is 0 Å². The number of amides is 1. The van der Waals surface area contributed by atoms with Crippen molar-refractivity contribution in [3.05, 3.63) is 45.9 Å². The number of aromatic nitrogens is 4. The topological polar surface area (TPSA) is 97.0 Å². The van der Waals surface area contributed by atoms with Crippen LogP contribution in [0.3, 0.4) is 0 Å². The van der Waals surface area contributed by atoms with Gasteiger partial charge in [0, 0.05) is 24.7 Å². The molecule has 0 radical (unpaired) electrons. The smallest absolute Gasteiger partial charge is 0.259 e. The van der Waals surface area contributed by atoms with Gasteiger partial charge < -0.3 is 14.7 Å². The summed E-state index contributed by atoms with van der Waals surface area (Å²) >= 11 is 1.54. The van der Waals surface area contributed by atoms with Crippen LogP contribution in [0, 0.1) is 6.92 Å². The molecule has 9 heteroatoms. The van der Waals surface area contributed by atoms with Crippen molar-refractivity contribution < 1.29 is 9.32 Å². The summed E-state index contributed by atoms with van der Waals surface area (Å²) in [7, 11) is 0. The van der Waals surface area contributed by atoms with Gasteiger partial charge in [0.15, 0.2) is 0 Å². The maximum absolute atomic E-state index is 13.3. The Labute approximate surface area is 186 Å². The predicted octanol–water partition coefficient (Wildman–Crippen LogP) is 4.68. The van der Waals surface area contributed by atoms with Crippen LogP contribution in [0.15, 0.2) is 22.7 Å². The van der Waals surface area contributed by atoms with E-state index in [0.29, 0.717) is 17.9 Å². The van der Waals surface area contributed by atoms with E-state index in [1.807, 2.05) is 43.9 Å². The van der Waals surface area contributed by atoms with Crippen molar-refractivity contribution in [2.45, 2.75) is 58.8 Å². The molecule has 3 aromatic rings. The van der Waals surface area contributed by atoms with Gasteiger partial charge in [0.2, 0.25) is 5.13 Å². The Bertz CT molecular complexity index is 1060. The number of hydrogen-bond acceptors (Lipinski definition) is 8. The Morgan fingerprint density at radius 1 is 1.35 bits per heavy atom. The third-order valence-electron chi connectivity index (χ3n) is 5.55. The number of carbonyl (C=O) groups is 1. The largest absolute Gasteiger partial charge is 0.361 e. The lowest BCUT2D eigenvalue weighted by atomic mass is 9.93. The second-order valence-corrected chi connectivity index (χ2v) is 9.23. The molecule has 1 amide bonds. The number of pyridine rings is 1. The molecular formula is C22H28N6O2S. The van der Waals surface area contributed by atoms with Crippen LogP contribution >= 0.6 is 11.3 Å². The second-order valence-electron chi connectivity index (χ2n) is 8.17. The number of nitrogens with zero attached hydrogens (tertiary/aromatic N) is 5. The molecule has 0 bridgehead atoms. The van der Waals surface area contributed by atoms with Crippen molar-refractivity contribution in [2.24, 2.45) is 0 Å². The fourth-order valence-corrected chi connectivity index (χ4v) is 4.60. The van der Waals surface area contributed by atoms with Crippen molar-refractivity contribution in [3.8, 4) is 0 Å². The van der Waals surface area contributed by atoms with Crippen LogP contribution < -0.4 is 5.32 Å². The molecular weight excluding hydrogens is 412 g/mol. The first kappa shape index (κ1) is 21.4. The SMILES string of the molecule is CCc1nnc(Nc2cccc(C3CCCN(C(=O)c4c(C(C)C)noc4C)C3)n2)s1. The lowest BCUT2D eigenvalue weighted by Gasteiger charge is -2.32. The van der Waals surface area contributed by atoms with Gasteiger partial charge in [-0.25, -0.2) is 4.98 Å². The number of rotatable bonds is 6. The highest BCUT2D eigenvalue weighted by molar-refractivity contribution is 7.15. The van der Waals surface area contributed by atoms with Crippen molar-refractivity contribution in [2.75, 3.05) is 18.4 Å². The normalized spacial score (nSPS) is 16.7. The number of hydrogen-bond donors (Lipinski definition) is 1. The Hall–Kier alpha value is -2.81. The van der Waals surface area contributed by atoms with Crippen LogP contribution in [-0.2, 0) is 6.42 Å². The van der Waals surface area contributed by atoms with Crippen LogP contribution in [0.2, 0.25) is 0 Å². The number of anilines is 2. The summed E-state index contributed by atoms with van der Waals surface area (Å²) < 4.78 is 5.33. The number of likely N-dealkylation sites (tertiary alicyclic amines) is 1. The second kappa shape index (κ2) is 9.13. The van der Waals surface area contributed by atoms with E-state index in [9.17, 15) is 4.79 Å². The number of aryl methyl sites for hydroxylation is 2. The lowest BCUT2D eigenvalue weighted by Crippen LogP contribution is -2.39. The van der Waals surface area contributed by atoms with Crippen molar-refractivity contribution in [1.29, 1.82) is 0 Å². The summed E-state index contributed by atoms with van der Waals surface area (Å²) in [6, 6.07) is 5.96. The van der Waals surface area contributed by atoms with Gasteiger partial charge in [-0.1, -0.05) is 43.3 Å². The fraction of sp³-hybridized carbons (Fsp3) is 0.500. The first-order valence-corrected chi connectivity index (χ1v) is 11.6. The van der Waals surface area contributed by atoms with E-state index < -0.39 is 0 Å². The van der Waals surface area contributed by atoms with Gasteiger partial charge in [0.1, 0.15) is 22.1 Å². The number of piperidine rings is 1. The van der Waals surface area contributed by atoms with E-state index in [0.717, 1.165) is 53.2 Å². The minimum Gasteiger partial charge on any atom is -0.361 e. The summed E-state index contributed by atoms with van der Waals surface area (Å²) in [6.45, 7) is 9.29. The molecule has 1 aliphatic rings. The van der Waals surface area contributed by atoms with Gasteiger partial charge >= 0.3 is 0 Å². The maximum Gasteiger partial charge on any atom is 0.259 e. The third kappa shape index (κ3) is 4.61. The molecule has 1 fully saturated rings. The quantitative estimate of drug-likeness (QED) is 0.594. The predicted molar refractivity (Wildman–Crippen MR) is 120 cm³/mol.